The molecule has 0 bridgehead atoms. The maximum absolute atomic E-state index is 14.2. The van der Waals surface area contributed by atoms with Gasteiger partial charge >= 0.3 is 12.1 Å². The average Bonchev–Trinajstić information content (AvgIpc) is 3.44. The van der Waals surface area contributed by atoms with Gasteiger partial charge in [-0.2, -0.15) is 13.2 Å². The highest BCUT2D eigenvalue weighted by molar-refractivity contribution is 7.97. The quantitative estimate of drug-likeness (QED) is 0.253. The minimum Gasteiger partial charge on any atom is -0.492 e. The molecular weight excluding hydrogens is 503 g/mol. The lowest BCUT2D eigenvalue weighted by Gasteiger charge is -2.32. The largest absolute Gasteiger partial charge is 0.492 e. The Morgan fingerprint density at radius 1 is 1.14 bits per heavy atom. The Morgan fingerprint density at radius 3 is 2.39 bits per heavy atom. The SMILES string of the molecule is CCOC(=O)C1(COc2cc3c(cc2C(F)(F)F)N(C2CC4CC(F)(F)CC4C2)CCN(C)S3)CC1. The molecule has 1 aromatic carbocycles. The second-order valence-electron chi connectivity index (χ2n) is 10.6. The first-order valence-corrected chi connectivity index (χ1v) is 13.3. The zero-order valence-corrected chi connectivity index (χ0v) is 21.2. The Labute approximate surface area is 211 Å². The Balaban J connectivity index is 1.44. The van der Waals surface area contributed by atoms with Gasteiger partial charge in [-0.05, 0) is 75.6 Å². The van der Waals surface area contributed by atoms with Crippen LogP contribution in [0.3, 0.4) is 0 Å². The van der Waals surface area contributed by atoms with Gasteiger partial charge in [-0.1, -0.05) is 0 Å². The fraction of sp³-hybridized carbons (Fsp3) is 0.720. The average molecular weight is 535 g/mol. The smallest absolute Gasteiger partial charge is 0.420 e. The second kappa shape index (κ2) is 9.22. The standard InChI is InChI=1S/C25H31F5N2O3S/c1-3-34-22(33)23(4-5-23)14-35-20-11-21-19(10-18(20)25(28,29)30)32(7-6-31(2)36-21)17-8-15-12-24(26,27)13-16(15)9-17/h10-11,15-17H,3-9,12-14H2,1-2H3. The number of ether oxygens (including phenoxy) is 2. The normalized spacial score (nSPS) is 28.9. The van der Waals surface area contributed by atoms with Gasteiger partial charge in [0.25, 0.3) is 0 Å². The van der Waals surface area contributed by atoms with E-state index in [0.29, 0.717) is 49.4 Å². The molecule has 0 radical (unpaired) electrons. The maximum atomic E-state index is 14.2. The van der Waals surface area contributed by atoms with Crippen molar-refractivity contribution in [3.05, 3.63) is 17.7 Å². The Bertz CT molecular complexity index is 1000. The van der Waals surface area contributed by atoms with Gasteiger partial charge in [-0.25, -0.2) is 13.1 Å². The number of alkyl halides is 5. The molecule has 5 nitrogen and oxygen atoms in total. The molecule has 2 atom stereocenters. The van der Waals surface area contributed by atoms with E-state index in [1.54, 1.807) is 6.92 Å². The van der Waals surface area contributed by atoms with E-state index in [1.165, 1.54) is 18.0 Å². The number of fused-ring (bicyclic) bond motifs is 2. The lowest BCUT2D eigenvalue weighted by Crippen LogP contribution is -2.38. The van der Waals surface area contributed by atoms with Crippen LogP contribution in [0, 0.1) is 17.3 Å². The first-order valence-electron chi connectivity index (χ1n) is 12.5. The lowest BCUT2D eigenvalue weighted by atomic mass is 10.0. The van der Waals surface area contributed by atoms with E-state index in [-0.39, 0.29) is 49.7 Å². The molecule has 0 spiro atoms. The third-order valence-corrected chi connectivity index (χ3v) is 9.05. The van der Waals surface area contributed by atoms with Crippen molar-refractivity contribution in [1.29, 1.82) is 0 Å². The Morgan fingerprint density at radius 2 is 1.81 bits per heavy atom. The van der Waals surface area contributed by atoms with Crippen LogP contribution in [0.4, 0.5) is 27.6 Å². The van der Waals surface area contributed by atoms with Gasteiger partial charge in [0.1, 0.15) is 17.8 Å². The molecule has 200 valence electrons. The molecule has 0 N–H and O–H groups in total. The van der Waals surface area contributed by atoms with E-state index in [1.807, 2.05) is 16.3 Å². The second-order valence-corrected chi connectivity index (χ2v) is 11.9. The summed E-state index contributed by atoms with van der Waals surface area (Å²) in [5, 5.41) is 0. The number of benzene rings is 1. The highest BCUT2D eigenvalue weighted by atomic mass is 32.2. The van der Waals surface area contributed by atoms with Gasteiger partial charge in [0.2, 0.25) is 5.92 Å². The third kappa shape index (κ3) is 5.01. The van der Waals surface area contributed by atoms with Crippen LogP contribution in [-0.4, -0.2) is 55.6 Å². The molecular formula is C25H31F5N2O3S. The molecule has 11 heteroatoms. The number of halogens is 5. The molecule has 5 rings (SSSR count). The summed E-state index contributed by atoms with van der Waals surface area (Å²) in [7, 11) is 1.88. The molecule has 4 aliphatic rings. The van der Waals surface area contributed by atoms with E-state index in [9.17, 15) is 26.7 Å². The zero-order valence-electron chi connectivity index (χ0n) is 20.4. The van der Waals surface area contributed by atoms with Crippen molar-refractivity contribution in [2.75, 3.05) is 38.3 Å². The first kappa shape index (κ1) is 25.9. The number of rotatable bonds is 6. The third-order valence-electron chi connectivity index (χ3n) is 8.03. The fourth-order valence-electron chi connectivity index (χ4n) is 5.99. The molecule has 1 aromatic rings. The molecule has 3 aliphatic carbocycles. The molecule has 1 aliphatic heterocycles. The predicted molar refractivity (Wildman–Crippen MR) is 125 cm³/mol. The Kier molecular flexibility index (Phi) is 6.63. The highest BCUT2D eigenvalue weighted by Gasteiger charge is 2.53. The summed E-state index contributed by atoms with van der Waals surface area (Å²) in [5.74, 6) is -3.56. The van der Waals surface area contributed by atoms with Crippen LogP contribution in [0.1, 0.15) is 51.0 Å². The van der Waals surface area contributed by atoms with Gasteiger partial charge in [0.05, 0.1) is 22.8 Å². The molecule has 3 fully saturated rings. The van der Waals surface area contributed by atoms with E-state index in [2.05, 4.69) is 0 Å². The zero-order chi connectivity index (χ0) is 25.9. The maximum Gasteiger partial charge on any atom is 0.420 e. The van der Waals surface area contributed by atoms with Crippen molar-refractivity contribution < 1.29 is 36.2 Å². The highest BCUT2D eigenvalue weighted by Crippen LogP contribution is 2.54. The van der Waals surface area contributed by atoms with E-state index >= 15 is 0 Å². The summed E-state index contributed by atoms with van der Waals surface area (Å²) in [6.07, 6.45) is -2.75. The number of carbonyl (C=O) groups is 1. The van der Waals surface area contributed by atoms with Crippen LogP contribution in [-0.2, 0) is 15.7 Å². The van der Waals surface area contributed by atoms with Crippen LogP contribution < -0.4 is 9.64 Å². The van der Waals surface area contributed by atoms with Crippen LogP contribution in [0.5, 0.6) is 5.75 Å². The summed E-state index contributed by atoms with van der Waals surface area (Å²) in [5.41, 5.74) is -1.31. The lowest BCUT2D eigenvalue weighted by molar-refractivity contribution is -0.151. The summed E-state index contributed by atoms with van der Waals surface area (Å²) >= 11 is 1.35. The van der Waals surface area contributed by atoms with Crippen molar-refractivity contribution in [1.82, 2.24) is 4.31 Å². The van der Waals surface area contributed by atoms with E-state index in [4.69, 9.17) is 9.47 Å². The van der Waals surface area contributed by atoms with Crippen LogP contribution >= 0.6 is 11.9 Å². The Hall–Kier alpha value is -1.75. The van der Waals surface area contributed by atoms with Crippen LogP contribution in [0.15, 0.2) is 17.0 Å². The topological polar surface area (TPSA) is 42.0 Å². The van der Waals surface area contributed by atoms with Gasteiger partial charge in [0, 0.05) is 32.0 Å². The summed E-state index contributed by atoms with van der Waals surface area (Å²) < 4.78 is 83.1. The minimum atomic E-state index is -4.66. The van der Waals surface area contributed by atoms with Gasteiger partial charge < -0.3 is 14.4 Å². The number of carbonyl (C=O) groups excluding carboxylic acids is 1. The number of nitrogens with zero attached hydrogens (tertiary/aromatic N) is 2. The number of hydrogen-bond acceptors (Lipinski definition) is 6. The van der Waals surface area contributed by atoms with Crippen molar-refractivity contribution in [2.45, 2.75) is 68.5 Å². The molecule has 36 heavy (non-hydrogen) atoms. The van der Waals surface area contributed by atoms with Gasteiger partial charge in [0.15, 0.2) is 0 Å². The molecule has 1 heterocycles. The minimum absolute atomic E-state index is 0.0756. The fourth-order valence-corrected chi connectivity index (χ4v) is 6.93. The predicted octanol–water partition coefficient (Wildman–Crippen LogP) is 6.01. The van der Waals surface area contributed by atoms with Crippen LogP contribution in [0.25, 0.3) is 0 Å². The number of likely N-dealkylation sites (N-methyl/N-ethyl adjacent to an activating group) is 1. The summed E-state index contributed by atoms with van der Waals surface area (Å²) in [6.45, 7) is 2.85. The van der Waals surface area contributed by atoms with Gasteiger partial charge in [-0.3, -0.25) is 4.79 Å². The van der Waals surface area contributed by atoms with Crippen molar-refractivity contribution in [2.24, 2.45) is 17.3 Å². The monoisotopic (exact) mass is 534 g/mol. The van der Waals surface area contributed by atoms with Crippen molar-refractivity contribution >= 4 is 23.6 Å². The van der Waals surface area contributed by atoms with Crippen LogP contribution in [0.2, 0.25) is 0 Å². The molecule has 3 saturated carbocycles. The van der Waals surface area contributed by atoms with E-state index in [0.717, 1.165) is 6.07 Å². The molecule has 0 amide bonds. The first-order chi connectivity index (χ1) is 16.9. The summed E-state index contributed by atoms with van der Waals surface area (Å²) in [4.78, 5) is 14.9. The van der Waals surface area contributed by atoms with E-state index < -0.39 is 29.0 Å². The van der Waals surface area contributed by atoms with Gasteiger partial charge in [-0.15, -0.1) is 0 Å². The number of esters is 1. The molecule has 0 aromatic heterocycles. The van der Waals surface area contributed by atoms with Crippen molar-refractivity contribution in [3.63, 3.8) is 0 Å². The number of anilines is 1. The van der Waals surface area contributed by atoms with Crippen molar-refractivity contribution in [3.8, 4) is 5.75 Å². The number of hydrogen-bond donors (Lipinski definition) is 0. The molecule has 2 unspecified atom stereocenters. The summed E-state index contributed by atoms with van der Waals surface area (Å²) in [6, 6.07) is 2.49. The molecule has 0 saturated heterocycles.